The van der Waals surface area contributed by atoms with Crippen LogP contribution in [0.25, 0.3) is 0 Å². The number of nitrogens with zero attached hydrogens (tertiary/aromatic N) is 1. The van der Waals surface area contributed by atoms with Crippen LogP contribution in [0.1, 0.15) is 21.5 Å². The van der Waals surface area contributed by atoms with E-state index < -0.39 is 11.8 Å². The highest BCUT2D eigenvalue weighted by Gasteiger charge is 2.06. The summed E-state index contributed by atoms with van der Waals surface area (Å²) in [5, 5.41) is 17.4. The molecule has 0 unspecified atom stereocenters. The van der Waals surface area contributed by atoms with E-state index in [2.05, 4.69) is 0 Å². The van der Waals surface area contributed by atoms with Gasteiger partial charge in [-0.1, -0.05) is 6.07 Å². The second-order valence-electron chi connectivity index (χ2n) is 4.04. The quantitative estimate of drug-likeness (QED) is 0.928. The first-order chi connectivity index (χ1) is 9.60. The number of rotatable bonds is 4. The smallest absolute Gasteiger partial charge is 0.335 e. The van der Waals surface area contributed by atoms with E-state index in [0.717, 1.165) is 6.07 Å². The Kier molecular flexibility index (Phi) is 3.96. The fraction of sp³-hybridized carbons (Fsp3) is 0.0667. The molecule has 2 aromatic carbocycles. The first-order valence-electron chi connectivity index (χ1n) is 5.75. The van der Waals surface area contributed by atoms with Crippen molar-refractivity contribution in [1.29, 1.82) is 5.26 Å². The minimum absolute atomic E-state index is 0.00393. The molecule has 0 radical (unpaired) electrons. The van der Waals surface area contributed by atoms with Crippen LogP contribution in [0, 0.1) is 17.1 Å². The number of ether oxygens (including phenoxy) is 1. The van der Waals surface area contributed by atoms with Gasteiger partial charge in [0.25, 0.3) is 0 Å². The average molecular weight is 271 g/mol. The lowest BCUT2D eigenvalue weighted by Gasteiger charge is -2.07. The number of benzene rings is 2. The SMILES string of the molecule is N#Cc1ccc(COc2ccc(C(=O)O)cc2)c(F)c1. The van der Waals surface area contributed by atoms with Crippen LogP contribution in [0.5, 0.6) is 5.75 Å². The maximum atomic E-state index is 13.6. The number of halogens is 1. The zero-order valence-electron chi connectivity index (χ0n) is 10.3. The van der Waals surface area contributed by atoms with Gasteiger partial charge in [0.05, 0.1) is 17.2 Å². The summed E-state index contributed by atoms with van der Waals surface area (Å²) in [5.41, 5.74) is 0.727. The van der Waals surface area contributed by atoms with Crippen molar-refractivity contribution in [1.82, 2.24) is 0 Å². The molecule has 0 saturated carbocycles. The van der Waals surface area contributed by atoms with Gasteiger partial charge < -0.3 is 9.84 Å². The van der Waals surface area contributed by atoms with Crippen molar-refractivity contribution in [2.45, 2.75) is 6.61 Å². The maximum Gasteiger partial charge on any atom is 0.335 e. The first kappa shape index (κ1) is 13.6. The van der Waals surface area contributed by atoms with Crippen molar-refractivity contribution in [3.8, 4) is 11.8 Å². The number of carbonyl (C=O) groups is 1. The Bertz CT molecular complexity index is 675. The number of aromatic carboxylic acids is 1. The molecule has 0 heterocycles. The summed E-state index contributed by atoms with van der Waals surface area (Å²) < 4.78 is 19.0. The Morgan fingerprint density at radius 1 is 1.25 bits per heavy atom. The number of carboxylic acids is 1. The van der Waals surface area contributed by atoms with Gasteiger partial charge in [0.15, 0.2) is 0 Å². The predicted molar refractivity (Wildman–Crippen MR) is 68.8 cm³/mol. The summed E-state index contributed by atoms with van der Waals surface area (Å²) in [6.45, 7) is 0.00393. The summed E-state index contributed by atoms with van der Waals surface area (Å²) >= 11 is 0. The molecule has 0 aliphatic heterocycles. The Morgan fingerprint density at radius 3 is 2.50 bits per heavy atom. The molecule has 1 N–H and O–H groups in total. The normalized spacial score (nSPS) is 9.80. The van der Waals surface area contributed by atoms with Crippen molar-refractivity contribution in [3.05, 3.63) is 65.0 Å². The van der Waals surface area contributed by atoms with E-state index in [0.29, 0.717) is 11.3 Å². The van der Waals surface area contributed by atoms with Gasteiger partial charge in [0.1, 0.15) is 18.2 Å². The van der Waals surface area contributed by atoms with Gasteiger partial charge in [-0.25, -0.2) is 9.18 Å². The highest BCUT2D eigenvalue weighted by molar-refractivity contribution is 5.87. The van der Waals surface area contributed by atoms with E-state index in [4.69, 9.17) is 15.1 Å². The van der Waals surface area contributed by atoms with E-state index >= 15 is 0 Å². The summed E-state index contributed by atoms with van der Waals surface area (Å²) in [5.74, 6) is -1.08. The highest BCUT2D eigenvalue weighted by Crippen LogP contribution is 2.16. The van der Waals surface area contributed by atoms with Gasteiger partial charge in [-0.05, 0) is 36.4 Å². The maximum absolute atomic E-state index is 13.6. The van der Waals surface area contributed by atoms with Crippen LogP contribution in [-0.2, 0) is 6.61 Å². The monoisotopic (exact) mass is 271 g/mol. The molecule has 20 heavy (non-hydrogen) atoms. The second kappa shape index (κ2) is 5.85. The molecule has 0 atom stereocenters. The van der Waals surface area contributed by atoms with E-state index in [1.165, 1.54) is 36.4 Å². The summed E-state index contributed by atoms with van der Waals surface area (Å²) in [6, 6.07) is 11.8. The van der Waals surface area contributed by atoms with Gasteiger partial charge in [-0.3, -0.25) is 0 Å². The van der Waals surface area contributed by atoms with Crippen molar-refractivity contribution < 1.29 is 19.0 Å². The van der Waals surface area contributed by atoms with Crippen LogP contribution in [0.3, 0.4) is 0 Å². The molecule has 2 rings (SSSR count). The number of hydrogen-bond acceptors (Lipinski definition) is 3. The molecule has 0 spiro atoms. The van der Waals surface area contributed by atoms with Crippen LogP contribution in [0.2, 0.25) is 0 Å². The van der Waals surface area contributed by atoms with E-state index in [1.807, 2.05) is 6.07 Å². The molecule has 0 saturated heterocycles. The lowest BCUT2D eigenvalue weighted by molar-refractivity contribution is 0.0697. The molecule has 5 heteroatoms. The van der Waals surface area contributed by atoms with Crippen LogP contribution in [0.4, 0.5) is 4.39 Å². The van der Waals surface area contributed by atoms with E-state index in [-0.39, 0.29) is 17.7 Å². The molecular weight excluding hydrogens is 261 g/mol. The zero-order valence-corrected chi connectivity index (χ0v) is 10.3. The predicted octanol–water partition coefficient (Wildman–Crippen LogP) is 2.97. The molecular formula is C15H10FNO3. The van der Waals surface area contributed by atoms with Crippen LogP contribution >= 0.6 is 0 Å². The van der Waals surface area contributed by atoms with E-state index in [9.17, 15) is 9.18 Å². The third-order valence-corrected chi connectivity index (χ3v) is 2.68. The number of hydrogen-bond donors (Lipinski definition) is 1. The summed E-state index contributed by atoms with van der Waals surface area (Å²) in [6.07, 6.45) is 0. The van der Waals surface area contributed by atoms with Gasteiger partial charge >= 0.3 is 5.97 Å². The molecule has 100 valence electrons. The van der Waals surface area contributed by atoms with Gasteiger partial charge in [0, 0.05) is 5.56 Å². The third-order valence-electron chi connectivity index (χ3n) is 2.68. The lowest BCUT2D eigenvalue weighted by atomic mass is 10.1. The molecule has 0 bridgehead atoms. The fourth-order valence-corrected chi connectivity index (χ4v) is 1.59. The molecule has 0 aromatic heterocycles. The standard InChI is InChI=1S/C15H10FNO3/c16-14-7-10(8-17)1-2-12(14)9-20-13-5-3-11(4-6-13)15(18)19/h1-7H,9H2,(H,18,19). The highest BCUT2D eigenvalue weighted by atomic mass is 19.1. The van der Waals surface area contributed by atoms with Crippen molar-refractivity contribution in [2.24, 2.45) is 0 Å². The molecule has 0 fully saturated rings. The molecule has 0 aliphatic carbocycles. The van der Waals surface area contributed by atoms with Gasteiger partial charge in [-0.15, -0.1) is 0 Å². The lowest BCUT2D eigenvalue weighted by Crippen LogP contribution is -2.00. The Labute approximate surface area is 114 Å². The minimum Gasteiger partial charge on any atom is -0.489 e. The minimum atomic E-state index is -1.02. The largest absolute Gasteiger partial charge is 0.489 e. The van der Waals surface area contributed by atoms with Crippen LogP contribution in [0.15, 0.2) is 42.5 Å². The molecule has 0 aliphatic rings. The number of nitriles is 1. The van der Waals surface area contributed by atoms with Crippen molar-refractivity contribution >= 4 is 5.97 Å². The van der Waals surface area contributed by atoms with E-state index in [1.54, 1.807) is 0 Å². The fourth-order valence-electron chi connectivity index (χ4n) is 1.59. The average Bonchev–Trinajstić information content (AvgIpc) is 2.46. The first-order valence-corrected chi connectivity index (χ1v) is 5.75. The third kappa shape index (κ3) is 3.12. The van der Waals surface area contributed by atoms with Crippen LogP contribution < -0.4 is 4.74 Å². The van der Waals surface area contributed by atoms with Crippen molar-refractivity contribution in [2.75, 3.05) is 0 Å². The Balaban J connectivity index is 2.05. The second-order valence-corrected chi connectivity index (χ2v) is 4.04. The summed E-state index contributed by atoms with van der Waals surface area (Å²) in [4.78, 5) is 10.7. The molecule has 4 nitrogen and oxygen atoms in total. The summed E-state index contributed by atoms with van der Waals surface area (Å²) in [7, 11) is 0. The zero-order chi connectivity index (χ0) is 14.5. The van der Waals surface area contributed by atoms with Crippen LogP contribution in [-0.4, -0.2) is 11.1 Å². The Hall–Kier alpha value is -2.87. The van der Waals surface area contributed by atoms with Gasteiger partial charge in [-0.2, -0.15) is 5.26 Å². The van der Waals surface area contributed by atoms with Crippen molar-refractivity contribution in [3.63, 3.8) is 0 Å². The molecule has 2 aromatic rings. The molecule has 0 amide bonds. The number of carboxylic acid groups (broad SMARTS) is 1. The van der Waals surface area contributed by atoms with Gasteiger partial charge in [0.2, 0.25) is 0 Å². The Morgan fingerprint density at radius 2 is 1.95 bits per heavy atom. The topological polar surface area (TPSA) is 70.3 Å².